The maximum absolute atomic E-state index is 13.1. The number of benzene rings is 1. The van der Waals surface area contributed by atoms with Gasteiger partial charge in [0.1, 0.15) is 16.3 Å². The number of amides is 1. The van der Waals surface area contributed by atoms with Gasteiger partial charge in [-0.2, -0.15) is 4.31 Å². The van der Waals surface area contributed by atoms with Crippen molar-refractivity contribution in [3.05, 3.63) is 48.3 Å². The van der Waals surface area contributed by atoms with E-state index in [4.69, 9.17) is 4.74 Å². The summed E-state index contributed by atoms with van der Waals surface area (Å²) in [5.41, 5.74) is 0.278. The molecule has 0 aliphatic carbocycles. The van der Waals surface area contributed by atoms with Crippen molar-refractivity contribution in [2.24, 2.45) is 5.41 Å². The van der Waals surface area contributed by atoms with Crippen LogP contribution in [0.4, 0.5) is 0 Å². The smallest absolute Gasteiger partial charge is 0.270 e. The quantitative estimate of drug-likeness (QED) is 0.834. The lowest BCUT2D eigenvalue weighted by molar-refractivity contribution is 0.0303. The topological polar surface area (TPSA) is 82.7 Å². The van der Waals surface area contributed by atoms with E-state index in [0.717, 1.165) is 0 Å². The molecular weight excluding hydrogens is 378 g/mol. The first kappa shape index (κ1) is 19.0. The fourth-order valence-corrected chi connectivity index (χ4v) is 5.75. The van der Waals surface area contributed by atoms with Gasteiger partial charge in [0.2, 0.25) is 10.0 Å². The summed E-state index contributed by atoms with van der Waals surface area (Å²) in [5, 5.41) is 0. The highest BCUT2D eigenvalue weighted by molar-refractivity contribution is 7.89. The summed E-state index contributed by atoms with van der Waals surface area (Å²) in [6, 6.07) is 10.4. The summed E-state index contributed by atoms with van der Waals surface area (Å²) in [5.74, 6) is 0.391. The van der Waals surface area contributed by atoms with E-state index >= 15 is 0 Å². The van der Waals surface area contributed by atoms with E-state index < -0.39 is 10.0 Å². The Balaban J connectivity index is 1.57. The van der Waals surface area contributed by atoms with Crippen molar-refractivity contribution in [1.29, 1.82) is 0 Å². The first-order chi connectivity index (χ1) is 13.5. The van der Waals surface area contributed by atoms with Gasteiger partial charge >= 0.3 is 0 Å². The summed E-state index contributed by atoms with van der Waals surface area (Å²) in [6.45, 7) is 4.29. The molecule has 0 radical (unpaired) electrons. The molecule has 1 N–H and O–H groups in total. The maximum Gasteiger partial charge on any atom is 0.270 e. The Bertz CT molecular complexity index is 948. The van der Waals surface area contributed by atoms with Crippen LogP contribution in [0.15, 0.2) is 47.5 Å². The molecule has 0 atom stereocenters. The van der Waals surface area contributed by atoms with E-state index in [0.29, 0.717) is 57.1 Å². The Hall–Kier alpha value is -2.32. The summed E-state index contributed by atoms with van der Waals surface area (Å²) in [6.07, 6.45) is 3.14. The zero-order valence-corrected chi connectivity index (χ0v) is 16.7. The van der Waals surface area contributed by atoms with Gasteiger partial charge in [-0.05, 0) is 37.1 Å². The Kier molecular flexibility index (Phi) is 4.93. The zero-order chi connectivity index (χ0) is 19.8. The molecule has 1 saturated heterocycles. The summed E-state index contributed by atoms with van der Waals surface area (Å²) >= 11 is 0. The molecule has 1 aromatic carbocycles. The number of nitrogens with one attached hydrogen (secondary N) is 1. The van der Waals surface area contributed by atoms with Crippen molar-refractivity contribution >= 4 is 15.9 Å². The zero-order valence-electron chi connectivity index (χ0n) is 15.9. The molecule has 2 aliphatic heterocycles. The molecule has 1 aromatic heterocycles. The second-order valence-electron chi connectivity index (χ2n) is 7.54. The number of rotatable bonds is 2. The Morgan fingerprint density at radius 3 is 2.61 bits per heavy atom. The minimum atomic E-state index is -3.61. The second kappa shape index (κ2) is 7.25. The molecule has 0 bridgehead atoms. The van der Waals surface area contributed by atoms with Gasteiger partial charge in [-0.25, -0.2) is 8.42 Å². The molecule has 8 heteroatoms. The molecule has 1 amide bonds. The predicted molar refractivity (Wildman–Crippen MR) is 105 cm³/mol. The van der Waals surface area contributed by atoms with E-state index in [2.05, 4.69) is 4.98 Å². The van der Waals surface area contributed by atoms with Crippen molar-refractivity contribution in [2.45, 2.75) is 24.7 Å². The van der Waals surface area contributed by atoms with Crippen LogP contribution in [0.2, 0.25) is 0 Å². The molecule has 0 unspecified atom stereocenters. The van der Waals surface area contributed by atoms with Gasteiger partial charge in [0.05, 0.1) is 6.61 Å². The lowest BCUT2D eigenvalue weighted by Gasteiger charge is -2.44. The first-order valence-electron chi connectivity index (χ1n) is 9.60. The van der Waals surface area contributed by atoms with Crippen LogP contribution in [-0.2, 0) is 10.0 Å². The molecule has 28 heavy (non-hydrogen) atoms. The molecule has 4 rings (SSSR count). The number of carbonyl (C=O) groups is 1. The number of likely N-dealkylation sites (tertiary alicyclic amines) is 1. The third-order valence-electron chi connectivity index (χ3n) is 5.80. The Morgan fingerprint density at radius 1 is 1.18 bits per heavy atom. The molecule has 3 heterocycles. The fraction of sp³-hybridized carbons (Fsp3) is 0.450. The number of ether oxygens (including phenoxy) is 1. The fourth-order valence-electron chi connectivity index (χ4n) is 4.06. The van der Waals surface area contributed by atoms with Gasteiger partial charge in [0, 0.05) is 37.8 Å². The normalized spacial score (nSPS) is 21.4. The van der Waals surface area contributed by atoms with Crippen LogP contribution in [0.5, 0.6) is 5.75 Å². The van der Waals surface area contributed by atoms with Crippen LogP contribution in [-0.4, -0.2) is 61.3 Å². The Morgan fingerprint density at radius 2 is 1.93 bits per heavy atom. The average molecular weight is 404 g/mol. The predicted octanol–water partition coefficient (Wildman–Crippen LogP) is 2.34. The minimum Gasteiger partial charge on any atom is -0.492 e. The van der Waals surface area contributed by atoms with Crippen LogP contribution in [0, 0.1) is 5.41 Å². The molecule has 0 saturated carbocycles. The van der Waals surface area contributed by atoms with Crippen molar-refractivity contribution < 1.29 is 17.9 Å². The lowest BCUT2D eigenvalue weighted by atomic mass is 9.78. The SMILES string of the molecule is CCN1CC2(CCN(C(=O)c3ccc[nH]3)CC2)COc2ccccc2S1(=O)=O. The Labute approximate surface area is 165 Å². The number of aromatic nitrogens is 1. The molecule has 1 fully saturated rings. The lowest BCUT2D eigenvalue weighted by Crippen LogP contribution is -2.52. The largest absolute Gasteiger partial charge is 0.492 e. The highest BCUT2D eigenvalue weighted by Gasteiger charge is 2.43. The van der Waals surface area contributed by atoms with Crippen LogP contribution in [0.3, 0.4) is 0 Å². The van der Waals surface area contributed by atoms with Crippen molar-refractivity contribution in [2.75, 3.05) is 32.8 Å². The van der Waals surface area contributed by atoms with E-state index in [-0.39, 0.29) is 16.2 Å². The summed E-state index contributed by atoms with van der Waals surface area (Å²) in [7, 11) is -3.61. The van der Waals surface area contributed by atoms with Crippen LogP contribution in [0.1, 0.15) is 30.3 Å². The van der Waals surface area contributed by atoms with Gasteiger partial charge in [-0.15, -0.1) is 0 Å². The van der Waals surface area contributed by atoms with Crippen molar-refractivity contribution in [3.8, 4) is 5.75 Å². The molecule has 7 nitrogen and oxygen atoms in total. The van der Waals surface area contributed by atoms with Gasteiger partial charge in [-0.3, -0.25) is 4.79 Å². The van der Waals surface area contributed by atoms with Crippen molar-refractivity contribution in [3.63, 3.8) is 0 Å². The van der Waals surface area contributed by atoms with Crippen LogP contribution < -0.4 is 4.74 Å². The number of sulfonamides is 1. The first-order valence-corrected chi connectivity index (χ1v) is 11.0. The third kappa shape index (κ3) is 3.31. The third-order valence-corrected chi connectivity index (χ3v) is 7.77. The number of piperidine rings is 1. The number of nitrogens with zero attached hydrogens (tertiary/aromatic N) is 2. The maximum atomic E-state index is 13.1. The number of fused-ring (bicyclic) bond motifs is 1. The van der Waals surface area contributed by atoms with E-state index in [9.17, 15) is 13.2 Å². The monoisotopic (exact) mass is 403 g/mol. The van der Waals surface area contributed by atoms with Crippen LogP contribution in [0.25, 0.3) is 0 Å². The highest BCUT2D eigenvalue weighted by Crippen LogP contribution is 2.39. The molecule has 150 valence electrons. The standard InChI is InChI=1S/C20H25N3O4S/c1-2-23-14-20(15-27-17-7-3-4-8-18(17)28(23,25)26)9-12-22(13-10-20)19(24)16-6-5-11-21-16/h3-8,11,21H,2,9-10,12-15H2,1H3. The van der Waals surface area contributed by atoms with Gasteiger partial charge in [-0.1, -0.05) is 19.1 Å². The number of aromatic amines is 1. The second-order valence-corrected chi connectivity index (χ2v) is 9.45. The van der Waals surface area contributed by atoms with E-state index in [1.807, 2.05) is 17.9 Å². The molecule has 1 spiro atoms. The minimum absolute atomic E-state index is 0.0167. The van der Waals surface area contributed by atoms with Crippen LogP contribution >= 0.6 is 0 Å². The summed E-state index contributed by atoms with van der Waals surface area (Å²) in [4.78, 5) is 17.6. The summed E-state index contributed by atoms with van der Waals surface area (Å²) < 4.78 is 33.8. The van der Waals surface area contributed by atoms with Gasteiger partial charge < -0.3 is 14.6 Å². The number of hydrogen-bond acceptors (Lipinski definition) is 4. The molecule has 2 aromatic rings. The van der Waals surface area contributed by atoms with E-state index in [1.54, 1.807) is 40.8 Å². The number of H-pyrrole nitrogens is 1. The number of carbonyl (C=O) groups excluding carboxylic acids is 1. The van der Waals surface area contributed by atoms with Crippen molar-refractivity contribution in [1.82, 2.24) is 14.2 Å². The molecular formula is C20H25N3O4S. The molecule has 2 aliphatic rings. The highest BCUT2D eigenvalue weighted by atomic mass is 32.2. The average Bonchev–Trinajstić information content (AvgIpc) is 3.25. The number of para-hydroxylation sites is 1. The van der Waals surface area contributed by atoms with Gasteiger partial charge in [0.15, 0.2) is 0 Å². The van der Waals surface area contributed by atoms with E-state index in [1.165, 1.54) is 0 Å². The number of hydrogen-bond donors (Lipinski definition) is 1. The van der Waals surface area contributed by atoms with Gasteiger partial charge in [0.25, 0.3) is 5.91 Å².